The summed E-state index contributed by atoms with van der Waals surface area (Å²) in [5.74, 6) is 0.945. The van der Waals surface area contributed by atoms with Crippen LogP contribution in [0.25, 0.3) is 0 Å². The molecule has 4 rings (SSSR count). The average molecular weight is 473 g/mol. The lowest BCUT2D eigenvalue weighted by Gasteiger charge is -2.45. The SMILES string of the molecule is COc1cc(C2C(C#N)=C(N)N(N(C)C)C3=C2C(=O)CC(C)(C)C3)ccc1OCc1ccccc1. The van der Waals surface area contributed by atoms with Crippen LogP contribution >= 0.6 is 0 Å². The molecule has 0 radical (unpaired) electrons. The number of ether oxygens (including phenoxy) is 2. The largest absolute Gasteiger partial charge is 0.493 e. The van der Waals surface area contributed by atoms with Crippen LogP contribution < -0.4 is 15.2 Å². The standard InChI is InChI=1S/C28H32N4O3/c1-28(2)14-21-26(22(33)15-28)25(20(16-29)27(30)32(21)31(3)4)19-11-12-23(24(13-19)34-5)35-17-18-9-7-6-8-10-18/h6-13,25H,14-15,17,30H2,1-5H3. The van der Waals surface area contributed by atoms with E-state index in [4.69, 9.17) is 15.2 Å². The minimum atomic E-state index is -0.563. The van der Waals surface area contributed by atoms with Gasteiger partial charge in [0.25, 0.3) is 0 Å². The molecule has 7 heteroatoms. The zero-order chi connectivity index (χ0) is 25.3. The van der Waals surface area contributed by atoms with Crippen LogP contribution in [-0.2, 0) is 11.4 Å². The molecule has 1 aliphatic carbocycles. The fourth-order valence-electron chi connectivity index (χ4n) is 5.00. The summed E-state index contributed by atoms with van der Waals surface area (Å²) in [4.78, 5) is 13.5. The third-order valence-corrected chi connectivity index (χ3v) is 6.51. The predicted octanol–water partition coefficient (Wildman–Crippen LogP) is 4.49. The molecule has 2 aromatic rings. The third-order valence-electron chi connectivity index (χ3n) is 6.51. The van der Waals surface area contributed by atoms with E-state index >= 15 is 0 Å². The van der Waals surface area contributed by atoms with E-state index in [9.17, 15) is 10.1 Å². The van der Waals surface area contributed by atoms with Crippen LogP contribution in [0.4, 0.5) is 0 Å². The summed E-state index contributed by atoms with van der Waals surface area (Å²) in [6.07, 6.45) is 1.09. The second-order valence-electron chi connectivity index (χ2n) is 9.99. The Morgan fingerprint density at radius 2 is 1.86 bits per heavy atom. The first-order valence-electron chi connectivity index (χ1n) is 11.6. The normalized spacial score (nSPS) is 19.5. The van der Waals surface area contributed by atoms with Crippen LogP contribution in [0.2, 0.25) is 0 Å². The summed E-state index contributed by atoms with van der Waals surface area (Å²) in [5.41, 5.74) is 10.00. The van der Waals surface area contributed by atoms with Crippen molar-refractivity contribution < 1.29 is 14.3 Å². The number of carbonyl (C=O) groups excluding carboxylic acids is 1. The maximum absolute atomic E-state index is 13.5. The maximum atomic E-state index is 13.5. The average Bonchev–Trinajstić information content (AvgIpc) is 2.81. The Morgan fingerprint density at radius 1 is 1.14 bits per heavy atom. The Bertz CT molecular complexity index is 1240. The number of nitriles is 1. The number of rotatable bonds is 6. The Balaban J connectivity index is 1.79. The molecule has 2 aliphatic rings. The molecule has 1 heterocycles. The highest BCUT2D eigenvalue weighted by molar-refractivity contribution is 6.00. The van der Waals surface area contributed by atoms with Gasteiger partial charge < -0.3 is 15.2 Å². The number of methoxy groups -OCH3 is 1. The van der Waals surface area contributed by atoms with Crippen LogP contribution in [0.15, 0.2) is 71.2 Å². The van der Waals surface area contributed by atoms with Crippen molar-refractivity contribution in [3.05, 3.63) is 82.3 Å². The lowest BCUT2D eigenvalue weighted by atomic mass is 9.69. The number of hydrogen-bond donors (Lipinski definition) is 1. The third kappa shape index (κ3) is 4.62. The minimum Gasteiger partial charge on any atom is -0.493 e. The summed E-state index contributed by atoms with van der Waals surface area (Å²) in [6.45, 7) is 4.56. The summed E-state index contributed by atoms with van der Waals surface area (Å²) in [7, 11) is 5.30. The van der Waals surface area contributed by atoms with Crippen molar-refractivity contribution in [2.75, 3.05) is 21.2 Å². The van der Waals surface area contributed by atoms with Gasteiger partial charge in [0.05, 0.1) is 24.7 Å². The van der Waals surface area contributed by atoms with E-state index < -0.39 is 5.92 Å². The van der Waals surface area contributed by atoms with Crippen molar-refractivity contribution in [1.29, 1.82) is 5.26 Å². The van der Waals surface area contributed by atoms with Gasteiger partial charge in [-0.05, 0) is 35.1 Å². The second-order valence-corrected chi connectivity index (χ2v) is 9.99. The number of hydrazine groups is 1. The predicted molar refractivity (Wildman–Crippen MR) is 134 cm³/mol. The molecular formula is C28H32N4O3. The first-order valence-corrected chi connectivity index (χ1v) is 11.6. The number of nitrogens with zero attached hydrogens (tertiary/aromatic N) is 3. The smallest absolute Gasteiger partial charge is 0.162 e. The Kier molecular flexibility index (Phi) is 6.60. The molecule has 2 N–H and O–H groups in total. The van der Waals surface area contributed by atoms with Gasteiger partial charge in [-0.1, -0.05) is 50.2 Å². The quantitative estimate of drug-likeness (QED) is 0.662. The lowest BCUT2D eigenvalue weighted by Crippen LogP contribution is -2.47. The summed E-state index contributed by atoms with van der Waals surface area (Å²) in [6, 6.07) is 17.7. The highest BCUT2D eigenvalue weighted by Crippen LogP contribution is 2.50. The van der Waals surface area contributed by atoms with Gasteiger partial charge in [0.15, 0.2) is 17.3 Å². The zero-order valence-electron chi connectivity index (χ0n) is 21.0. The monoisotopic (exact) mass is 472 g/mol. The summed E-state index contributed by atoms with van der Waals surface area (Å²) < 4.78 is 11.7. The number of allylic oxidation sites excluding steroid dienone is 3. The van der Waals surface area contributed by atoms with E-state index in [1.807, 2.05) is 67.6 Å². The number of Topliss-reactive ketones (excluding diaryl/α,β-unsaturated/α-hetero) is 1. The van der Waals surface area contributed by atoms with Gasteiger partial charge in [-0.25, -0.2) is 5.01 Å². The minimum absolute atomic E-state index is 0.0386. The molecule has 35 heavy (non-hydrogen) atoms. The highest BCUT2D eigenvalue weighted by Gasteiger charge is 2.45. The fourth-order valence-corrected chi connectivity index (χ4v) is 5.00. The summed E-state index contributed by atoms with van der Waals surface area (Å²) in [5, 5.41) is 13.8. The number of carbonyl (C=O) groups is 1. The van der Waals surface area contributed by atoms with Gasteiger partial charge in [0.1, 0.15) is 12.4 Å². The van der Waals surface area contributed by atoms with Crippen molar-refractivity contribution in [1.82, 2.24) is 10.0 Å². The topological polar surface area (TPSA) is 91.8 Å². The van der Waals surface area contributed by atoms with Crippen LogP contribution in [0.5, 0.6) is 11.5 Å². The molecule has 182 valence electrons. The van der Waals surface area contributed by atoms with Gasteiger partial charge in [-0.2, -0.15) is 5.26 Å². The summed E-state index contributed by atoms with van der Waals surface area (Å²) >= 11 is 0. The molecule has 0 saturated heterocycles. The van der Waals surface area contributed by atoms with Crippen molar-refractivity contribution >= 4 is 5.78 Å². The van der Waals surface area contributed by atoms with Crippen molar-refractivity contribution in [2.24, 2.45) is 11.1 Å². The Hall–Kier alpha value is -3.76. The first kappa shape index (κ1) is 24.4. The molecule has 1 unspecified atom stereocenters. The van der Waals surface area contributed by atoms with Crippen LogP contribution in [0, 0.1) is 16.7 Å². The van der Waals surface area contributed by atoms with Crippen molar-refractivity contribution in [3.8, 4) is 17.6 Å². The zero-order valence-corrected chi connectivity index (χ0v) is 21.0. The van der Waals surface area contributed by atoms with Crippen LogP contribution in [-0.4, -0.2) is 37.0 Å². The molecule has 0 amide bonds. The molecule has 7 nitrogen and oxygen atoms in total. The van der Waals surface area contributed by atoms with E-state index in [0.29, 0.717) is 47.9 Å². The second kappa shape index (κ2) is 9.47. The molecule has 1 aliphatic heterocycles. The number of ketones is 1. The van der Waals surface area contributed by atoms with Gasteiger partial charge >= 0.3 is 0 Å². The molecule has 0 saturated carbocycles. The molecular weight excluding hydrogens is 440 g/mol. The number of hydrogen-bond acceptors (Lipinski definition) is 7. The number of benzene rings is 2. The van der Waals surface area contributed by atoms with Crippen LogP contribution in [0.1, 0.15) is 43.7 Å². The molecule has 2 aromatic carbocycles. The Morgan fingerprint density at radius 3 is 2.49 bits per heavy atom. The van der Waals surface area contributed by atoms with Gasteiger partial charge in [-0.3, -0.25) is 9.80 Å². The maximum Gasteiger partial charge on any atom is 0.162 e. The van der Waals surface area contributed by atoms with E-state index in [1.54, 1.807) is 12.1 Å². The fraction of sp³-hybridized carbons (Fsp3) is 0.357. The number of nitrogens with two attached hydrogens (primary N) is 1. The van der Waals surface area contributed by atoms with E-state index in [-0.39, 0.29) is 11.2 Å². The molecule has 1 atom stereocenters. The highest BCUT2D eigenvalue weighted by atomic mass is 16.5. The molecule has 0 aromatic heterocycles. The van der Waals surface area contributed by atoms with E-state index in [1.165, 1.54) is 0 Å². The molecule has 0 bridgehead atoms. The van der Waals surface area contributed by atoms with E-state index in [0.717, 1.165) is 16.8 Å². The van der Waals surface area contributed by atoms with Gasteiger partial charge in [0.2, 0.25) is 0 Å². The first-order chi connectivity index (χ1) is 16.7. The van der Waals surface area contributed by atoms with E-state index in [2.05, 4.69) is 19.9 Å². The van der Waals surface area contributed by atoms with Gasteiger partial charge in [0, 0.05) is 31.8 Å². The van der Waals surface area contributed by atoms with Gasteiger partial charge in [-0.15, -0.1) is 0 Å². The molecule has 0 spiro atoms. The van der Waals surface area contributed by atoms with Crippen LogP contribution in [0.3, 0.4) is 0 Å². The molecule has 0 fully saturated rings. The van der Waals surface area contributed by atoms with Crippen molar-refractivity contribution in [3.63, 3.8) is 0 Å². The lowest BCUT2D eigenvalue weighted by molar-refractivity contribution is -0.119. The Labute approximate surface area is 207 Å². The van der Waals surface area contributed by atoms with Crippen molar-refractivity contribution in [2.45, 2.75) is 39.2 Å².